The van der Waals surface area contributed by atoms with Crippen LogP contribution in [-0.2, 0) is 14.3 Å². The van der Waals surface area contributed by atoms with E-state index in [1.54, 1.807) is 0 Å². The fourth-order valence-corrected chi connectivity index (χ4v) is 4.34. The van der Waals surface area contributed by atoms with Crippen molar-refractivity contribution >= 4 is 11.6 Å². The molecule has 130 valence electrons. The average molecular weight is 330 g/mol. The summed E-state index contributed by atoms with van der Waals surface area (Å²) in [6, 6.07) is 10.5. The Morgan fingerprint density at radius 3 is 2.46 bits per heavy atom. The van der Waals surface area contributed by atoms with Gasteiger partial charge in [-0.3, -0.25) is 4.79 Å². The molecular formula is C19H26N2O3. The van der Waals surface area contributed by atoms with Crippen LogP contribution in [0.2, 0.25) is 0 Å². The van der Waals surface area contributed by atoms with Crippen LogP contribution in [0.25, 0.3) is 0 Å². The molecule has 0 unspecified atom stereocenters. The summed E-state index contributed by atoms with van der Waals surface area (Å²) < 4.78 is 11.6. The van der Waals surface area contributed by atoms with Gasteiger partial charge < -0.3 is 19.7 Å². The van der Waals surface area contributed by atoms with Gasteiger partial charge in [0.2, 0.25) is 5.91 Å². The van der Waals surface area contributed by atoms with Crippen molar-refractivity contribution in [3.05, 3.63) is 30.3 Å². The van der Waals surface area contributed by atoms with Crippen LogP contribution in [0, 0.1) is 0 Å². The molecule has 2 aliphatic heterocycles. The number of hydrogen-bond donors (Lipinski definition) is 1. The smallest absolute Gasteiger partial charge is 0.244 e. The molecule has 1 aliphatic carbocycles. The summed E-state index contributed by atoms with van der Waals surface area (Å²) in [6.07, 6.45) is 4.71. The van der Waals surface area contributed by atoms with Crippen LogP contribution in [0.1, 0.15) is 39.0 Å². The molecule has 2 saturated heterocycles. The summed E-state index contributed by atoms with van der Waals surface area (Å²) in [6.45, 7) is 3.55. The van der Waals surface area contributed by atoms with Crippen molar-refractivity contribution in [1.82, 2.24) is 5.32 Å². The molecule has 1 amide bonds. The van der Waals surface area contributed by atoms with E-state index in [-0.39, 0.29) is 23.8 Å². The highest BCUT2D eigenvalue weighted by atomic mass is 16.7. The first-order valence-corrected chi connectivity index (χ1v) is 9.09. The number of ether oxygens (including phenoxy) is 2. The van der Waals surface area contributed by atoms with Gasteiger partial charge in [-0.25, -0.2) is 0 Å². The molecule has 3 fully saturated rings. The molecule has 4 rings (SSSR count). The zero-order valence-corrected chi connectivity index (χ0v) is 14.2. The minimum absolute atomic E-state index is 0.0790. The molecule has 0 aromatic heterocycles. The lowest BCUT2D eigenvalue weighted by atomic mass is 9.89. The highest BCUT2D eigenvalue weighted by Gasteiger charge is 2.43. The second kappa shape index (κ2) is 6.47. The van der Waals surface area contributed by atoms with Crippen molar-refractivity contribution in [3.63, 3.8) is 0 Å². The molecule has 3 aliphatic rings. The molecular weight excluding hydrogens is 304 g/mol. The number of carbonyl (C=O) groups excluding carboxylic acids is 1. The van der Waals surface area contributed by atoms with E-state index < -0.39 is 0 Å². The Morgan fingerprint density at radius 2 is 1.79 bits per heavy atom. The van der Waals surface area contributed by atoms with E-state index in [4.69, 9.17) is 9.47 Å². The maximum atomic E-state index is 12.9. The topological polar surface area (TPSA) is 50.8 Å². The zero-order chi connectivity index (χ0) is 16.6. The van der Waals surface area contributed by atoms with E-state index in [2.05, 4.69) is 12.2 Å². The van der Waals surface area contributed by atoms with E-state index in [1.165, 1.54) is 0 Å². The predicted molar refractivity (Wildman–Crippen MR) is 91.8 cm³/mol. The van der Waals surface area contributed by atoms with E-state index in [0.29, 0.717) is 19.3 Å². The van der Waals surface area contributed by atoms with Crippen LogP contribution in [0.3, 0.4) is 0 Å². The normalized spacial score (nSPS) is 30.4. The van der Waals surface area contributed by atoms with Gasteiger partial charge in [0.05, 0.1) is 19.3 Å². The Morgan fingerprint density at radius 1 is 1.12 bits per heavy atom. The van der Waals surface area contributed by atoms with Crippen LogP contribution in [0.4, 0.5) is 5.69 Å². The quantitative estimate of drug-likeness (QED) is 0.925. The molecule has 5 nitrogen and oxygen atoms in total. The molecule has 1 aromatic carbocycles. The SMILES string of the molecule is C[C@H]1C[C@H](NC2CCC3(CC2)OCCO3)C(=O)N1c1ccccc1. The number of hydrogen-bond acceptors (Lipinski definition) is 4. The molecule has 2 heterocycles. The predicted octanol–water partition coefficient (Wildman–Crippen LogP) is 2.46. The fourth-order valence-electron chi connectivity index (χ4n) is 4.34. The number of para-hydroxylation sites is 1. The first-order chi connectivity index (χ1) is 11.7. The summed E-state index contributed by atoms with van der Waals surface area (Å²) in [5, 5.41) is 3.60. The molecule has 1 aromatic rings. The van der Waals surface area contributed by atoms with Crippen LogP contribution in [0.5, 0.6) is 0 Å². The molecule has 1 saturated carbocycles. The minimum Gasteiger partial charge on any atom is -0.348 e. The Bertz CT molecular complexity index is 576. The number of anilines is 1. The highest BCUT2D eigenvalue weighted by Crippen LogP contribution is 2.36. The lowest BCUT2D eigenvalue weighted by Gasteiger charge is -2.36. The van der Waals surface area contributed by atoms with Crippen LogP contribution < -0.4 is 10.2 Å². The van der Waals surface area contributed by atoms with E-state index in [1.807, 2.05) is 35.2 Å². The molecule has 0 bridgehead atoms. The second-order valence-electron chi connectivity index (χ2n) is 7.23. The largest absolute Gasteiger partial charge is 0.348 e. The molecule has 1 spiro atoms. The van der Waals surface area contributed by atoms with Crippen molar-refractivity contribution in [1.29, 1.82) is 0 Å². The summed E-state index contributed by atoms with van der Waals surface area (Å²) in [5.74, 6) is -0.135. The maximum Gasteiger partial charge on any atom is 0.244 e. The van der Waals surface area contributed by atoms with Gasteiger partial charge in [0, 0.05) is 30.6 Å². The molecule has 2 atom stereocenters. The standard InChI is InChI=1S/C19H26N2O3/c1-14-13-17(18(22)21(14)16-5-3-2-4-6-16)20-15-7-9-19(10-8-15)23-11-12-24-19/h2-6,14-15,17,20H,7-13H2,1H3/t14-,17-/m0/s1. The minimum atomic E-state index is -0.332. The van der Waals surface area contributed by atoms with Crippen molar-refractivity contribution < 1.29 is 14.3 Å². The van der Waals surface area contributed by atoms with Crippen LogP contribution in [0.15, 0.2) is 30.3 Å². The van der Waals surface area contributed by atoms with Gasteiger partial charge in [0.25, 0.3) is 0 Å². The van der Waals surface area contributed by atoms with Gasteiger partial charge >= 0.3 is 0 Å². The Hall–Kier alpha value is -1.43. The van der Waals surface area contributed by atoms with Gasteiger partial charge in [0.1, 0.15) is 0 Å². The number of nitrogens with one attached hydrogen (secondary N) is 1. The third-order valence-electron chi connectivity index (χ3n) is 5.59. The van der Waals surface area contributed by atoms with E-state index in [0.717, 1.165) is 37.8 Å². The highest BCUT2D eigenvalue weighted by molar-refractivity contribution is 6.00. The third kappa shape index (κ3) is 2.96. The number of carbonyl (C=O) groups is 1. The van der Waals surface area contributed by atoms with E-state index >= 15 is 0 Å². The van der Waals surface area contributed by atoms with Crippen molar-refractivity contribution in [2.24, 2.45) is 0 Å². The van der Waals surface area contributed by atoms with Crippen molar-refractivity contribution in [2.45, 2.75) is 62.9 Å². The Kier molecular flexibility index (Phi) is 4.33. The maximum absolute atomic E-state index is 12.9. The average Bonchev–Trinajstić information content (AvgIpc) is 3.16. The summed E-state index contributed by atoms with van der Waals surface area (Å²) in [5.41, 5.74) is 0.995. The third-order valence-corrected chi connectivity index (χ3v) is 5.59. The number of nitrogens with zero attached hydrogens (tertiary/aromatic N) is 1. The Balaban J connectivity index is 1.37. The van der Waals surface area contributed by atoms with Gasteiger partial charge in [0.15, 0.2) is 5.79 Å². The summed E-state index contributed by atoms with van der Waals surface area (Å²) in [7, 11) is 0. The van der Waals surface area contributed by atoms with Crippen LogP contribution >= 0.6 is 0 Å². The van der Waals surface area contributed by atoms with Crippen molar-refractivity contribution in [3.8, 4) is 0 Å². The summed E-state index contributed by atoms with van der Waals surface area (Å²) in [4.78, 5) is 14.8. The van der Waals surface area contributed by atoms with Gasteiger partial charge in [-0.05, 0) is 38.3 Å². The van der Waals surface area contributed by atoms with Gasteiger partial charge in [-0.15, -0.1) is 0 Å². The molecule has 1 N–H and O–H groups in total. The first kappa shape index (κ1) is 16.1. The van der Waals surface area contributed by atoms with Gasteiger partial charge in [-0.2, -0.15) is 0 Å². The van der Waals surface area contributed by atoms with Crippen LogP contribution in [-0.4, -0.2) is 43.0 Å². The number of benzene rings is 1. The lowest BCUT2D eigenvalue weighted by molar-refractivity contribution is -0.179. The number of rotatable bonds is 3. The zero-order valence-electron chi connectivity index (χ0n) is 14.2. The van der Waals surface area contributed by atoms with E-state index in [9.17, 15) is 4.79 Å². The lowest BCUT2D eigenvalue weighted by Crippen LogP contribution is -2.48. The summed E-state index contributed by atoms with van der Waals surface area (Å²) >= 11 is 0. The first-order valence-electron chi connectivity index (χ1n) is 9.09. The monoisotopic (exact) mass is 330 g/mol. The Labute approximate surface area is 143 Å². The fraction of sp³-hybridized carbons (Fsp3) is 0.632. The second-order valence-corrected chi connectivity index (χ2v) is 7.23. The molecule has 24 heavy (non-hydrogen) atoms. The molecule has 5 heteroatoms. The molecule has 0 radical (unpaired) electrons. The van der Waals surface area contributed by atoms with Gasteiger partial charge in [-0.1, -0.05) is 18.2 Å². The van der Waals surface area contributed by atoms with Crippen molar-refractivity contribution in [2.75, 3.05) is 18.1 Å². The number of amides is 1.